The van der Waals surface area contributed by atoms with Gasteiger partial charge in [0, 0.05) is 9.50 Å². The Hall–Kier alpha value is -1.96. The number of hydrogen-bond donors (Lipinski definition) is 1. The summed E-state index contributed by atoms with van der Waals surface area (Å²) in [6.07, 6.45) is 1.57. The molecule has 5 nitrogen and oxygen atoms in total. The first kappa shape index (κ1) is 17.8. The lowest BCUT2D eigenvalue weighted by Gasteiger charge is -2.12. The van der Waals surface area contributed by atoms with Gasteiger partial charge in [0.2, 0.25) is 0 Å². The Labute approximate surface area is 161 Å². The third kappa shape index (κ3) is 3.53. The molecule has 8 heteroatoms. The molecule has 3 rings (SSSR count). The molecule has 2 aromatic rings. The monoisotopic (exact) mass is 439 g/mol. The average molecular weight is 441 g/mol. The van der Waals surface area contributed by atoms with Gasteiger partial charge in [-0.05, 0) is 53.7 Å². The van der Waals surface area contributed by atoms with Crippen LogP contribution in [0.15, 0.2) is 45.8 Å². The summed E-state index contributed by atoms with van der Waals surface area (Å²) in [6.45, 7) is 0. The fourth-order valence-corrected chi connectivity index (χ4v) is 3.74. The Morgan fingerprint density at radius 1 is 1.28 bits per heavy atom. The Morgan fingerprint density at radius 3 is 2.72 bits per heavy atom. The van der Waals surface area contributed by atoms with Crippen LogP contribution in [0.3, 0.4) is 0 Å². The molecule has 0 aromatic heterocycles. The second kappa shape index (κ2) is 7.11. The number of nitrogens with zero attached hydrogens (tertiary/aromatic N) is 1. The quantitative estimate of drug-likeness (QED) is 0.676. The van der Waals surface area contributed by atoms with Crippen LogP contribution in [0.1, 0.15) is 5.56 Å². The summed E-state index contributed by atoms with van der Waals surface area (Å²) in [7, 11) is 1.43. The number of amides is 2. The average Bonchev–Trinajstić information content (AvgIpc) is 2.84. The number of phenols is 1. The molecular formula is C17H11BrClNO4S. The molecule has 1 N–H and O–H groups in total. The van der Waals surface area contributed by atoms with E-state index in [1.807, 2.05) is 0 Å². The highest BCUT2D eigenvalue weighted by Crippen LogP contribution is 2.39. The summed E-state index contributed by atoms with van der Waals surface area (Å²) in [5.74, 6) is -0.196. The van der Waals surface area contributed by atoms with Gasteiger partial charge in [-0.25, -0.2) is 4.90 Å². The van der Waals surface area contributed by atoms with Crippen molar-refractivity contribution in [1.82, 2.24) is 0 Å². The van der Waals surface area contributed by atoms with Crippen LogP contribution in [0, 0.1) is 0 Å². The molecule has 25 heavy (non-hydrogen) atoms. The maximum Gasteiger partial charge on any atom is 0.298 e. The van der Waals surface area contributed by atoms with E-state index in [-0.39, 0.29) is 16.4 Å². The number of ether oxygens (including phenoxy) is 1. The summed E-state index contributed by atoms with van der Waals surface area (Å²) in [4.78, 5) is 26.2. The highest BCUT2D eigenvalue weighted by Gasteiger charge is 2.36. The van der Waals surface area contributed by atoms with Crippen LogP contribution in [-0.2, 0) is 4.79 Å². The SMILES string of the molecule is COc1cc(/C=C2\SC(=O)N(c3cccc(Cl)c3)C2=O)c(Br)cc1O. The molecule has 0 aliphatic carbocycles. The van der Waals surface area contributed by atoms with Crippen molar-refractivity contribution < 1.29 is 19.4 Å². The van der Waals surface area contributed by atoms with Crippen molar-refractivity contribution in [1.29, 1.82) is 0 Å². The van der Waals surface area contributed by atoms with Gasteiger partial charge in [-0.3, -0.25) is 9.59 Å². The van der Waals surface area contributed by atoms with E-state index in [9.17, 15) is 14.7 Å². The van der Waals surface area contributed by atoms with E-state index in [2.05, 4.69) is 15.9 Å². The van der Waals surface area contributed by atoms with Crippen molar-refractivity contribution in [2.24, 2.45) is 0 Å². The van der Waals surface area contributed by atoms with Gasteiger partial charge in [0.05, 0.1) is 17.7 Å². The zero-order valence-electron chi connectivity index (χ0n) is 12.8. The van der Waals surface area contributed by atoms with E-state index in [1.165, 1.54) is 13.2 Å². The lowest BCUT2D eigenvalue weighted by atomic mass is 10.2. The van der Waals surface area contributed by atoms with Crippen LogP contribution in [0.25, 0.3) is 6.08 Å². The third-order valence-corrected chi connectivity index (χ3v) is 5.24. The molecular weight excluding hydrogens is 430 g/mol. The molecule has 2 aromatic carbocycles. The highest BCUT2D eigenvalue weighted by molar-refractivity contribution is 9.10. The minimum atomic E-state index is -0.434. The standard InChI is InChI=1S/C17H11BrClNO4S/c1-24-14-5-9(12(18)8-13(14)21)6-15-16(22)20(17(23)25-15)11-4-2-3-10(19)7-11/h2-8,21H,1H3/b15-6-. The van der Waals surface area contributed by atoms with Gasteiger partial charge in [-0.15, -0.1) is 0 Å². The zero-order chi connectivity index (χ0) is 18.1. The lowest BCUT2D eigenvalue weighted by Crippen LogP contribution is -2.27. The van der Waals surface area contributed by atoms with Gasteiger partial charge in [-0.2, -0.15) is 0 Å². The molecule has 0 saturated carbocycles. The topological polar surface area (TPSA) is 66.8 Å². The molecule has 2 amide bonds. The molecule has 0 radical (unpaired) electrons. The van der Waals surface area contributed by atoms with E-state index in [1.54, 1.807) is 36.4 Å². The molecule has 1 aliphatic rings. The summed E-state index contributed by atoms with van der Waals surface area (Å²) in [5, 5.41) is 9.80. The first-order valence-corrected chi connectivity index (χ1v) is 8.99. The van der Waals surface area contributed by atoms with E-state index < -0.39 is 11.1 Å². The fraction of sp³-hybridized carbons (Fsp3) is 0.0588. The predicted molar refractivity (Wildman–Crippen MR) is 102 cm³/mol. The molecule has 128 valence electrons. The maximum absolute atomic E-state index is 12.6. The molecule has 0 atom stereocenters. The number of halogens is 2. The lowest BCUT2D eigenvalue weighted by molar-refractivity contribution is -0.113. The van der Waals surface area contributed by atoms with Gasteiger partial charge in [0.25, 0.3) is 11.1 Å². The molecule has 1 saturated heterocycles. The van der Waals surface area contributed by atoms with Crippen molar-refractivity contribution in [3.63, 3.8) is 0 Å². The number of methoxy groups -OCH3 is 1. The molecule has 1 aliphatic heterocycles. The van der Waals surface area contributed by atoms with Crippen LogP contribution >= 0.6 is 39.3 Å². The number of imide groups is 1. The normalized spacial score (nSPS) is 16.0. The first-order valence-electron chi connectivity index (χ1n) is 7.00. The number of aromatic hydroxyl groups is 1. The first-order chi connectivity index (χ1) is 11.9. The Bertz CT molecular complexity index is 916. The Kier molecular flexibility index (Phi) is 5.08. The minimum absolute atomic E-state index is 0.0291. The fourth-order valence-electron chi connectivity index (χ4n) is 2.28. The molecule has 0 spiro atoms. The predicted octanol–water partition coefficient (Wildman–Crippen LogP) is 5.06. The highest BCUT2D eigenvalue weighted by atomic mass is 79.9. The molecule has 0 bridgehead atoms. The summed E-state index contributed by atoms with van der Waals surface area (Å²) < 4.78 is 5.64. The second-order valence-corrected chi connectivity index (χ2v) is 7.33. The van der Waals surface area contributed by atoms with Crippen molar-refractivity contribution in [3.8, 4) is 11.5 Å². The third-order valence-electron chi connectivity index (χ3n) is 3.44. The van der Waals surface area contributed by atoms with Crippen molar-refractivity contribution in [2.45, 2.75) is 0 Å². The smallest absolute Gasteiger partial charge is 0.298 e. The van der Waals surface area contributed by atoms with Crippen molar-refractivity contribution in [2.75, 3.05) is 12.0 Å². The largest absolute Gasteiger partial charge is 0.504 e. The number of anilines is 1. The summed E-state index contributed by atoms with van der Waals surface area (Å²) in [5.41, 5.74) is 1.02. The van der Waals surface area contributed by atoms with Crippen molar-refractivity contribution >= 4 is 62.2 Å². The van der Waals surface area contributed by atoms with Gasteiger partial charge < -0.3 is 9.84 Å². The molecule has 1 fully saturated rings. The van der Waals surface area contributed by atoms with E-state index >= 15 is 0 Å². The summed E-state index contributed by atoms with van der Waals surface area (Å²) in [6, 6.07) is 9.58. The minimum Gasteiger partial charge on any atom is -0.504 e. The number of benzene rings is 2. The zero-order valence-corrected chi connectivity index (χ0v) is 16.0. The second-order valence-electron chi connectivity index (χ2n) is 5.04. The molecule has 0 unspecified atom stereocenters. The van der Waals surface area contributed by atoms with Gasteiger partial charge in [-0.1, -0.05) is 33.6 Å². The van der Waals surface area contributed by atoms with E-state index in [0.29, 0.717) is 20.7 Å². The Morgan fingerprint density at radius 2 is 2.04 bits per heavy atom. The number of hydrogen-bond acceptors (Lipinski definition) is 5. The van der Waals surface area contributed by atoms with Gasteiger partial charge in [0.15, 0.2) is 11.5 Å². The van der Waals surface area contributed by atoms with Crippen molar-refractivity contribution in [3.05, 3.63) is 56.4 Å². The van der Waals surface area contributed by atoms with Crippen LogP contribution in [-0.4, -0.2) is 23.4 Å². The summed E-state index contributed by atoms with van der Waals surface area (Å²) >= 11 is 10.1. The number of thioether (sulfide) groups is 1. The Balaban J connectivity index is 1.99. The number of carbonyl (C=O) groups excluding carboxylic acids is 2. The van der Waals surface area contributed by atoms with Crippen LogP contribution in [0.2, 0.25) is 5.02 Å². The van der Waals surface area contributed by atoms with E-state index in [4.69, 9.17) is 16.3 Å². The van der Waals surface area contributed by atoms with Crippen LogP contribution in [0.5, 0.6) is 11.5 Å². The maximum atomic E-state index is 12.6. The van der Waals surface area contributed by atoms with Gasteiger partial charge in [0.1, 0.15) is 0 Å². The number of carbonyl (C=O) groups is 2. The number of rotatable bonds is 3. The van der Waals surface area contributed by atoms with E-state index in [0.717, 1.165) is 16.7 Å². The van der Waals surface area contributed by atoms with Crippen LogP contribution < -0.4 is 9.64 Å². The van der Waals surface area contributed by atoms with Crippen LogP contribution in [0.4, 0.5) is 10.5 Å². The number of phenolic OH excluding ortho intramolecular Hbond substituents is 1. The molecule has 1 heterocycles. The van der Waals surface area contributed by atoms with Gasteiger partial charge >= 0.3 is 0 Å².